The van der Waals surface area contributed by atoms with Crippen molar-refractivity contribution in [2.75, 3.05) is 11.9 Å². The first-order chi connectivity index (χ1) is 15.1. The number of carbonyl (C=O) groups excluding carboxylic acids is 1. The molecular weight excluding hydrogens is 413 g/mol. The van der Waals surface area contributed by atoms with E-state index in [1.165, 1.54) is 18.5 Å². The van der Waals surface area contributed by atoms with Gasteiger partial charge in [-0.1, -0.05) is 31.5 Å². The highest BCUT2D eigenvalue weighted by Crippen LogP contribution is 2.41. The average Bonchev–Trinajstić information content (AvgIpc) is 3.11. The highest BCUT2D eigenvalue weighted by molar-refractivity contribution is 7.19. The molecule has 158 valence electrons. The fourth-order valence-corrected chi connectivity index (χ4v) is 4.37. The van der Waals surface area contributed by atoms with E-state index in [1.54, 1.807) is 41.7 Å². The quantitative estimate of drug-likeness (QED) is 0.265. The molecule has 2 heterocycles. The summed E-state index contributed by atoms with van der Waals surface area (Å²) in [6, 6.07) is 13.6. The van der Waals surface area contributed by atoms with Gasteiger partial charge in [0.1, 0.15) is 22.8 Å². The van der Waals surface area contributed by atoms with Gasteiger partial charge in [-0.15, -0.1) is 11.3 Å². The summed E-state index contributed by atoms with van der Waals surface area (Å²) in [6.07, 6.45) is 3.32. The van der Waals surface area contributed by atoms with Gasteiger partial charge in [-0.05, 0) is 49.2 Å². The van der Waals surface area contributed by atoms with Crippen molar-refractivity contribution in [2.24, 2.45) is 0 Å². The molecule has 1 N–H and O–H groups in total. The predicted molar refractivity (Wildman–Crippen MR) is 122 cm³/mol. The zero-order valence-electron chi connectivity index (χ0n) is 17.3. The number of rotatable bonds is 7. The van der Waals surface area contributed by atoms with Gasteiger partial charge < -0.3 is 10.1 Å². The second-order valence-electron chi connectivity index (χ2n) is 7.14. The van der Waals surface area contributed by atoms with Crippen LogP contribution in [0.1, 0.15) is 35.0 Å². The smallest absolute Gasteiger partial charge is 0.338 e. The van der Waals surface area contributed by atoms with Crippen molar-refractivity contribution in [1.82, 2.24) is 9.97 Å². The van der Waals surface area contributed by atoms with Crippen LogP contribution in [0, 0.1) is 12.7 Å². The number of carbonyl (C=O) groups is 1. The number of hydrogen-bond donors (Lipinski definition) is 1. The van der Waals surface area contributed by atoms with Gasteiger partial charge in [0.05, 0.1) is 17.6 Å². The number of benzene rings is 2. The van der Waals surface area contributed by atoms with E-state index in [0.717, 1.165) is 44.7 Å². The number of aryl methyl sites for hydroxylation is 1. The lowest BCUT2D eigenvalue weighted by Gasteiger charge is -2.10. The Bertz CT molecular complexity index is 1220. The molecule has 0 aliphatic rings. The summed E-state index contributed by atoms with van der Waals surface area (Å²) >= 11 is 1.56. The van der Waals surface area contributed by atoms with Crippen LogP contribution in [0.3, 0.4) is 0 Å². The van der Waals surface area contributed by atoms with E-state index in [1.807, 2.05) is 19.9 Å². The zero-order valence-corrected chi connectivity index (χ0v) is 18.1. The Balaban J connectivity index is 1.69. The van der Waals surface area contributed by atoms with Gasteiger partial charge in [0.25, 0.3) is 0 Å². The third kappa shape index (κ3) is 4.56. The highest BCUT2D eigenvalue weighted by Gasteiger charge is 2.17. The van der Waals surface area contributed by atoms with Crippen molar-refractivity contribution < 1.29 is 13.9 Å². The minimum Gasteiger partial charge on any atom is -0.462 e. The number of anilines is 2. The fraction of sp³-hybridized carbons (Fsp3) is 0.208. The summed E-state index contributed by atoms with van der Waals surface area (Å²) < 4.78 is 18.8. The van der Waals surface area contributed by atoms with E-state index in [0.29, 0.717) is 18.0 Å². The van der Waals surface area contributed by atoms with Crippen LogP contribution in [0.2, 0.25) is 0 Å². The van der Waals surface area contributed by atoms with Crippen molar-refractivity contribution >= 4 is 39.0 Å². The van der Waals surface area contributed by atoms with Gasteiger partial charge in [-0.25, -0.2) is 19.2 Å². The fourth-order valence-electron chi connectivity index (χ4n) is 3.36. The number of hydrogen-bond acceptors (Lipinski definition) is 6. The maximum atomic E-state index is 13.4. The second-order valence-corrected chi connectivity index (χ2v) is 8.34. The Hall–Kier alpha value is -3.32. The van der Waals surface area contributed by atoms with Gasteiger partial charge in [0.15, 0.2) is 0 Å². The molecule has 0 saturated carbocycles. The molecule has 4 rings (SSSR count). The average molecular weight is 436 g/mol. The van der Waals surface area contributed by atoms with Crippen molar-refractivity contribution in [2.45, 2.75) is 26.7 Å². The van der Waals surface area contributed by atoms with Crippen molar-refractivity contribution in [3.63, 3.8) is 0 Å². The first-order valence-electron chi connectivity index (χ1n) is 10.1. The van der Waals surface area contributed by atoms with E-state index in [9.17, 15) is 9.18 Å². The Morgan fingerprint density at radius 1 is 1.16 bits per heavy atom. The molecule has 0 aliphatic heterocycles. The molecule has 31 heavy (non-hydrogen) atoms. The van der Waals surface area contributed by atoms with Gasteiger partial charge in [-0.2, -0.15) is 0 Å². The molecule has 0 spiro atoms. The molecule has 0 atom stereocenters. The third-order valence-corrected chi connectivity index (χ3v) is 5.90. The van der Waals surface area contributed by atoms with Gasteiger partial charge in [-0.3, -0.25) is 0 Å². The molecule has 0 radical (unpaired) electrons. The predicted octanol–water partition coefficient (Wildman–Crippen LogP) is 6.51. The molecule has 0 fully saturated rings. The van der Waals surface area contributed by atoms with Gasteiger partial charge in [0, 0.05) is 16.1 Å². The number of fused-ring (bicyclic) bond motifs is 1. The van der Waals surface area contributed by atoms with Crippen molar-refractivity contribution in [1.29, 1.82) is 0 Å². The molecule has 7 heteroatoms. The van der Waals surface area contributed by atoms with Crippen LogP contribution in [-0.2, 0) is 4.74 Å². The molecule has 0 aliphatic carbocycles. The van der Waals surface area contributed by atoms with Crippen LogP contribution in [-0.4, -0.2) is 22.5 Å². The van der Waals surface area contributed by atoms with E-state index < -0.39 is 0 Å². The van der Waals surface area contributed by atoms with E-state index in [4.69, 9.17) is 4.74 Å². The number of halogens is 1. The molecule has 0 unspecified atom stereocenters. The lowest BCUT2D eigenvalue weighted by molar-refractivity contribution is 0.0500. The summed E-state index contributed by atoms with van der Waals surface area (Å²) in [5.74, 6) is 0.00617. The SMILES string of the molecule is CCCCOC(=O)c1cccc(Nc2ncnc3sc(C)c(-c4ccc(F)cc4)c23)c1. The Labute approximate surface area is 183 Å². The molecule has 0 amide bonds. The summed E-state index contributed by atoms with van der Waals surface area (Å²) in [5.41, 5.74) is 3.07. The van der Waals surface area contributed by atoms with Gasteiger partial charge >= 0.3 is 5.97 Å². The molecule has 2 aromatic heterocycles. The van der Waals surface area contributed by atoms with Crippen molar-refractivity contribution in [3.05, 3.63) is 71.1 Å². The third-order valence-electron chi connectivity index (χ3n) is 4.89. The number of ether oxygens (including phenoxy) is 1. The number of nitrogens with one attached hydrogen (secondary N) is 1. The number of esters is 1. The molecule has 2 aromatic carbocycles. The second kappa shape index (κ2) is 9.22. The van der Waals surface area contributed by atoms with Crippen LogP contribution < -0.4 is 5.32 Å². The minimum atomic E-state index is -0.344. The number of unbranched alkanes of at least 4 members (excludes halogenated alkanes) is 1. The van der Waals surface area contributed by atoms with Gasteiger partial charge in [0.2, 0.25) is 0 Å². The number of thiophene rings is 1. The normalized spacial score (nSPS) is 10.9. The molecule has 0 saturated heterocycles. The first-order valence-corrected chi connectivity index (χ1v) is 10.9. The van der Waals surface area contributed by atoms with Crippen LogP contribution >= 0.6 is 11.3 Å². The zero-order chi connectivity index (χ0) is 21.8. The van der Waals surface area contributed by atoms with Crippen LogP contribution in [0.25, 0.3) is 21.3 Å². The summed E-state index contributed by atoms with van der Waals surface area (Å²) in [4.78, 5) is 23.1. The Morgan fingerprint density at radius 2 is 1.97 bits per heavy atom. The minimum absolute atomic E-state index is 0.279. The van der Waals surface area contributed by atoms with Crippen LogP contribution in [0.4, 0.5) is 15.9 Å². The lowest BCUT2D eigenvalue weighted by Crippen LogP contribution is -2.06. The number of nitrogens with zero attached hydrogens (tertiary/aromatic N) is 2. The maximum Gasteiger partial charge on any atom is 0.338 e. The summed E-state index contributed by atoms with van der Waals surface area (Å²) in [7, 11) is 0. The molecule has 5 nitrogen and oxygen atoms in total. The largest absolute Gasteiger partial charge is 0.462 e. The molecule has 0 bridgehead atoms. The summed E-state index contributed by atoms with van der Waals surface area (Å²) in [5, 5.41) is 4.19. The standard InChI is InChI=1S/C24H22FN3O2S/c1-3-4-12-30-24(29)17-6-5-7-19(13-17)28-22-21-20(16-8-10-18(25)11-9-16)15(2)31-23(21)27-14-26-22/h5-11,13-14H,3-4,12H2,1-2H3,(H,26,27,28). The Kier molecular flexibility index (Phi) is 6.23. The lowest BCUT2D eigenvalue weighted by atomic mass is 10.0. The van der Waals surface area contributed by atoms with E-state index >= 15 is 0 Å². The summed E-state index contributed by atoms with van der Waals surface area (Å²) in [6.45, 7) is 4.48. The monoisotopic (exact) mass is 435 g/mol. The number of aromatic nitrogens is 2. The molecule has 4 aromatic rings. The van der Waals surface area contributed by atoms with Crippen LogP contribution in [0.5, 0.6) is 0 Å². The molecular formula is C24H22FN3O2S. The van der Waals surface area contributed by atoms with E-state index in [-0.39, 0.29) is 11.8 Å². The van der Waals surface area contributed by atoms with Crippen LogP contribution in [0.15, 0.2) is 54.9 Å². The first kappa shape index (κ1) is 20.9. The topological polar surface area (TPSA) is 64.1 Å². The Morgan fingerprint density at radius 3 is 2.74 bits per heavy atom. The highest BCUT2D eigenvalue weighted by atomic mass is 32.1. The van der Waals surface area contributed by atoms with E-state index in [2.05, 4.69) is 15.3 Å². The van der Waals surface area contributed by atoms with Crippen molar-refractivity contribution in [3.8, 4) is 11.1 Å². The maximum absolute atomic E-state index is 13.4.